The van der Waals surface area contributed by atoms with Crippen molar-refractivity contribution >= 4 is 27.7 Å². The van der Waals surface area contributed by atoms with Crippen LogP contribution in [0.15, 0.2) is 53.0 Å². The molecule has 0 saturated carbocycles. The molecule has 0 aliphatic rings. The van der Waals surface area contributed by atoms with Crippen molar-refractivity contribution in [1.29, 1.82) is 0 Å². The van der Waals surface area contributed by atoms with E-state index in [9.17, 15) is 4.39 Å². The Morgan fingerprint density at radius 3 is 2.47 bits per heavy atom. The molecule has 0 radical (unpaired) electrons. The first-order valence-corrected chi connectivity index (χ1v) is 7.26. The molecule has 2 rings (SSSR count). The summed E-state index contributed by atoms with van der Waals surface area (Å²) < 4.78 is 14.3. The van der Waals surface area contributed by atoms with E-state index in [2.05, 4.69) is 28.1 Å². The molecule has 0 bridgehead atoms. The molecule has 0 amide bonds. The number of rotatable bonds is 4. The molecule has 17 heavy (non-hydrogen) atoms. The second-order valence-corrected chi connectivity index (χ2v) is 5.62. The number of hydrogen-bond acceptors (Lipinski definition) is 1. The average Bonchev–Trinajstić information content (AvgIpc) is 2.33. The van der Waals surface area contributed by atoms with Crippen molar-refractivity contribution < 1.29 is 4.39 Å². The van der Waals surface area contributed by atoms with Crippen LogP contribution in [0.5, 0.6) is 0 Å². The Morgan fingerprint density at radius 2 is 1.76 bits per heavy atom. The molecule has 3 heteroatoms. The smallest absolute Gasteiger partial charge is 0.128 e. The molecule has 0 N–H and O–H groups in total. The Bertz CT molecular complexity index is 485. The molecule has 0 heterocycles. The van der Waals surface area contributed by atoms with E-state index in [1.807, 2.05) is 30.3 Å². The minimum absolute atomic E-state index is 0.139. The van der Waals surface area contributed by atoms with E-state index >= 15 is 0 Å². The first kappa shape index (κ1) is 12.7. The highest BCUT2D eigenvalue weighted by Gasteiger charge is 2.02. The van der Waals surface area contributed by atoms with Crippen molar-refractivity contribution in [3.63, 3.8) is 0 Å². The second kappa shape index (κ2) is 6.22. The van der Waals surface area contributed by atoms with Crippen LogP contribution in [-0.4, -0.2) is 0 Å². The zero-order chi connectivity index (χ0) is 12.1. The maximum Gasteiger partial charge on any atom is 0.128 e. The van der Waals surface area contributed by atoms with E-state index in [1.54, 1.807) is 11.8 Å². The molecule has 0 fully saturated rings. The molecule has 0 aliphatic carbocycles. The molecule has 0 atom stereocenters. The molecule has 88 valence electrons. The Balaban J connectivity index is 1.90. The minimum atomic E-state index is -0.139. The molecule has 0 spiro atoms. The number of thioether (sulfide) groups is 1. The third-order valence-electron chi connectivity index (χ3n) is 2.38. The zero-order valence-electron chi connectivity index (χ0n) is 9.20. The highest BCUT2D eigenvalue weighted by molar-refractivity contribution is 9.10. The molecule has 0 saturated heterocycles. The summed E-state index contributed by atoms with van der Waals surface area (Å²) >= 11 is 4.98. The van der Waals surface area contributed by atoms with Crippen molar-refractivity contribution in [1.82, 2.24) is 0 Å². The lowest BCUT2D eigenvalue weighted by Crippen LogP contribution is -1.88. The molecular weight excluding hydrogens is 299 g/mol. The summed E-state index contributed by atoms with van der Waals surface area (Å²) in [4.78, 5) is 0. The van der Waals surface area contributed by atoms with Crippen LogP contribution in [0.2, 0.25) is 0 Å². The van der Waals surface area contributed by atoms with Crippen LogP contribution in [0.1, 0.15) is 11.1 Å². The van der Waals surface area contributed by atoms with E-state index in [-0.39, 0.29) is 5.82 Å². The second-order valence-electron chi connectivity index (χ2n) is 3.71. The van der Waals surface area contributed by atoms with Crippen LogP contribution in [-0.2, 0) is 11.5 Å². The summed E-state index contributed by atoms with van der Waals surface area (Å²) in [6.45, 7) is 0. The Morgan fingerprint density at radius 1 is 1.00 bits per heavy atom. The first-order chi connectivity index (χ1) is 8.25. The minimum Gasteiger partial charge on any atom is -0.207 e. The van der Waals surface area contributed by atoms with Crippen molar-refractivity contribution in [3.05, 3.63) is 69.9 Å². The normalized spacial score (nSPS) is 10.5. The standard InChI is InChI=1S/C14H12BrFS/c15-13-7-6-12(14(16)8-13)10-17-9-11-4-2-1-3-5-11/h1-8H,9-10H2. The van der Waals surface area contributed by atoms with Gasteiger partial charge in [-0.2, -0.15) is 11.8 Å². The maximum absolute atomic E-state index is 13.5. The van der Waals surface area contributed by atoms with E-state index < -0.39 is 0 Å². The third kappa shape index (κ3) is 3.86. The lowest BCUT2D eigenvalue weighted by molar-refractivity contribution is 0.616. The Kier molecular flexibility index (Phi) is 4.63. The van der Waals surface area contributed by atoms with Crippen LogP contribution >= 0.6 is 27.7 Å². The van der Waals surface area contributed by atoms with Gasteiger partial charge in [0.2, 0.25) is 0 Å². The predicted octanol–water partition coefficient (Wildman–Crippen LogP) is 5.02. The molecule has 2 aromatic rings. The summed E-state index contributed by atoms with van der Waals surface area (Å²) in [5.41, 5.74) is 2.03. The maximum atomic E-state index is 13.5. The fourth-order valence-corrected chi connectivity index (χ4v) is 2.81. The Labute approximate surface area is 113 Å². The van der Waals surface area contributed by atoms with Gasteiger partial charge in [-0.25, -0.2) is 4.39 Å². The summed E-state index contributed by atoms with van der Waals surface area (Å²) in [6.07, 6.45) is 0. The number of hydrogen-bond donors (Lipinski definition) is 0. The largest absolute Gasteiger partial charge is 0.207 e. The van der Waals surface area contributed by atoms with Crippen LogP contribution in [0, 0.1) is 5.82 Å². The van der Waals surface area contributed by atoms with E-state index in [4.69, 9.17) is 0 Å². The molecule has 0 nitrogen and oxygen atoms in total. The van der Waals surface area contributed by atoms with E-state index in [1.165, 1.54) is 11.6 Å². The highest BCUT2D eigenvalue weighted by Crippen LogP contribution is 2.22. The van der Waals surface area contributed by atoms with Gasteiger partial charge in [0.05, 0.1) is 0 Å². The van der Waals surface area contributed by atoms with Crippen LogP contribution in [0.3, 0.4) is 0 Å². The summed E-state index contributed by atoms with van der Waals surface area (Å²) in [5, 5.41) is 0. The van der Waals surface area contributed by atoms with E-state index in [0.29, 0.717) is 5.75 Å². The van der Waals surface area contributed by atoms with Gasteiger partial charge in [0.25, 0.3) is 0 Å². The van der Waals surface area contributed by atoms with Gasteiger partial charge in [0, 0.05) is 16.0 Å². The molecule has 0 aromatic heterocycles. The van der Waals surface area contributed by atoms with Crippen LogP contribution in [0.4, 0.5) is 4.39 Å². The predicted molar refractivity (Wildman–Crippen MR) is 75.5 cm³/mol. The van der Waals surface area contributed by atoms with Gasteiger partial charge < -0.3 is 0 Å². The fraction of sp³-hybridized carbons (Fsp3) is 0.143. The molecule has 0 unspecified atom stereocenters. The molecule has 0 aliphatic heterocycles. The van der Waals surface area contributed by atoms with Crippen molar-refractivity contribution in [3.8, 4) is 0 Å². The lowest BCUT2D eigenvalue weighted by atomic mass is 10.2. The zero-order valence-corrected chi connectivity index (χ0v) is 11.6. The van der Waals surface area contributed by atoms with Crippen LogP contribution < -0.4 is 0 Å². The fourth-order valence-electron chi connectivity index (χ4n) is 1.49. The van der Waals surface area contributed by atoms with Gasteiger partial charge in [-0.1, -0.05) is 52.3 Å². The third-order valence-corrected chi connectivity index (χ3v) is 3.93. The van der Waals surface area contributed by atoms with Gasteiger partial charge in [-0.05, 0) is 23.3 Å². The lowest BCUT2D eigenvalue weighted by Gasteiger charge is -2.04. The van der Waals surface area contributed by atoms with Gasteiger partial charge in [-0.15, -0.1) is 0 Å². The quantitative estimate of drug-likeness (QED) is 0.764. The topological polar surface area (TPSA) is 0 Å². The van der Waals surface area contributed by atoms with Gasteiger partial charge in [0.15, 0.2) is 0 Å². The van der Waals surface area contributed by atoms with Gasteiger partial charge in [-0.3, -0.25) is 0 Å². The van der Waals surface area contributed by atoms with Crippen molar-refractivity contribution in [2.45, 2.75) is 11.5 Å². The first-order valence-electron chi connectivity index (χ1n) is 5.31. The van der Waals surface area contributed by atoms with Gasteiger partial charge >= 0.3 is 0 Å². The summed E-state index contributed by atoms with van der Waals surface area (Å²) in [7, 11) is 0. The van der Waals surface area contributed by atoms with E-state index in [0.717, 1.165) is 15.8 Å². The van der Waals surface area contributed by atoms with Crippen molar-refractivity contribution in [2.24, 2.45) is 0 Å². The number of benzene rings is 2. The van der Waals surface area contributed by atoms with Gasteiger partial charge in [0.1, 0.15) is 5.82 Å². The Hall–Kier alpha value is -0.800. The van der Waals surface area contributed by atoms with Crippen LogP contribution in [0.25, 0.3) is 0 Å². The summed E-state index contributed by atoms with van der Waals surface area (Å²) in [6, 6.07) is 15.4. The van der Waals surface area contributed by atoms with Crippen molar-refractivity contribution in [2.75, 3.05) is 0 Å². The highest BCUT2D eigenvalue weighted by atomic mass is 79.9. The molecular formula is C14H12BrFS. The number of halogens is 2. The SMILES string of the molecule is Fc1cc(Br)ccc1CSCc1ccccc1. The summed E-state index contributed by atoms with van der Waals surface area (Å²) in [5.74, 6) is 1.48. The molecule has 2 aromatic carbocycles. The monoisotopic (exact) mass is 310 g/mol. The average molecular weight is 311 g/mol.